The van der Waals surface area contributed by atoms with Crippen LogP contribution in [0.5, 0.6) is 0 Å². The van der Waals surface area contributed by atoms with Gasteiger partial charge in [0.15, 0.2) is 11.6 Å². The van der Waals surface area contributed by atoms with Crippen molar-refractivity contribution in [2.45, 2.75) is 19.3 Å². The zero-order valence-electron chi connectivity index (χ0n) is 33.3. The molecule has 12 rings (SSSR count). The van der Waals surface area contributed by atoms with Gasteiger partial charge in [-0.15, -0.1) is 0 Å². The van der Waals surface area contributed by atoms with Crippen molar-refractivity contribution in [1.82, 2.24) is 19.5 Å². The summed E-state index contributed by atoms with van der Waals surface area (Å²) >= 11 is 0. The summed E-state index contributed by atoms with van der Waals surface area (Å²) in [6.07, 6.45) is 0. The number of hydrogen-bond acceptors (Lipinski definition) is 3. The summed E-state index contributed by atoms with van der Waals surface area (Å²) in [5, 5.41) is 6.97. The molecule has 0 amide bonds. The molecule has 11 aromatic rings. The standard InChI is InChI=1S/C56H38N4/c1-56(2)49-22-11-10-19-45(49)46-30-29-42(33-50(46)56)44-20-12-21-47-48-32-40-17-8-9-18-41(40)34-51(48)60(52(44)47)55-58-53(38-26-23-37(24-27-38)35-13-4-3-5-14-35)57-54(59-55)43-28-25-36-15-6-7-16-39(36)31-43/h3-34H,1-2H3. The smallest absolute Gasteiger partial charge is 0.238 e. The molecule has 1 aliphatic rings. The van der Waals surface area contributed by atoms with E-state index in [1.54, 1.807) is 0 Å². The van der Waals surface area contributed by atoms with Gasteiger partial charge in [0.2, 0.25) is 5.95 Å². The molecule has 0 fully saturated rings. The summed E-state index contributed by atoms with van der Waals surface area (Å²) in [5.74, 6) is 1.82. The topological polar surface area (TPSA) is 43.6 Å². The quantitative estimate of drug-likeness (QED) is 0.175. The largest absolute Gasteiger partial charge is 0.277 e. The first kappa shape index (κ1) is 34.4. The lowest BCUT2D eigenvalue weighted by Crippen LogP contribution is -2.14. The zero-order chi connectivity index (χ0) is 40.0. The van der Waals surface area contributed by atoms with Crippen LogP contribution >= 0.6 is 0 Å². The molecule has 4 nitrogen and oxygen atoms in total. The van der Waals surface area contributed by atoms with Crippen LogP contribution in [0.2, 0.25) is 0 Å². The van der Waals surface area contributed by atoms with Crippen LogP contribution in [0.3, 0.4) is 0 Å². The van der Waals surface area contributed by atoms with Gasteiger partial charge in [-0.2, -0.15) is 9.97 Å². The molecule has 0 bridgehead atoms. The second-order valence-electron chi connectivity index (χ2n) is 16.5. The molecule has 60 heavy (non-hydrogen) atoms. The fourth-order valence-electron chi connectivity index (χ4n) is 9.56. The Morgan fingerprint density at radius 3 is 1.75 bits per heavy atom. The Balaban J connectivity index is 1.14. The van der Waals surface area contributed by atoms with Gasteiger partial charge in [0, 0.05) is 32.9 Å². The zero-order valence-corrected chi connectivity index (χ0v) is 33.3. The van der Waals surface area contributed by atoms with E-state index in [0.29, 0.717) is 17.6 Å². The summed E-state index contributed by atoms with van der Waals surface area (Å²) in [6.45, 7) is 4.69. The number of nitrogens with zero attached hydrogens (tertiary/aromatic N) is 4. The van der Waals surface area contributed by atoms with Crippen molar-refractivity contribution in [3.8, 4) is 62.1 Å². The number of fused-ring (bicyclic) bond motifs is 8. The Kier molecular flexibility index (Phi) is 7.54. The van der Waals surface area contributed by atoms with Crippen molar-refractivity contribution in [3.63, 3.8) is 0 Å². The van der Waals surface area contributed by atoms with E-state index < -0.39 is 0 Å². The van der Waals surface area contributed by atoms with Crippen molar-refractivity contribution in [1.29, 1.82) is 0 Å². The van der Waals surface area contributed by atoms with Gasteiger partial charge in [-0.1, -0.05) is 184 Å². The summed E-state index contributed by atoms with van der Waals surface area (Å²) < 4.78 is 2.29. The number of benzene rings is 9. The third-order valence-electron chi connectivity index (χ3n) is 12.6. The number of aromatic nitrogens is 4. The van der Waals surface area contributed by atoms with Gasteiger partial charge in [-0.25, -0.2) is 4.98 Å². The Bertz CT molecular complexity index is 3510. The lowest BCUT2D eigenvalue weighted by Gasteiger charge is -2.22. The maximum Gasteiger partial charge on any atom is 0.238 e. The Morgan fingerprint density at radius 2 is 0.950 bits per heavy atom. The van der Waals surface area contributed by atoms with Gasteiger partial charge < -0.3 is 0 Å². The van der Waals surface area contributed by atoms with Gasteiger partial charge >= 0.3 is 0 Å². The van der Waals surface area contributed by atoms with Crippen LogP contribution in [-0.2, 0) is 5.41 Å². The SMILES string of the molecule is CC1(C)c2ccccc2-c2ccc(-c3cccc4c5cc6ccccc6cc5n(-c5nc(-c6ccc(-c7ccccc7)cc6)nc(-c6ccc7ccccc7c6)n5)c34)cc21. The molecule has 0 N–H and O–H groups in total. The molecule has 0 spiro atoms. The highest BCUT2D eigenvalue weighted by Crippen LogP contribution is 2.50. The first-order valence-corrected chi connectivity index (χ1v) is 20.6. The van der Waals surface area contributed by atoms with Crippen LogP contribution in [0.4, 0.5) is 0 Å². The highest BCUT2D eigenvalue weighted by molar-refractivity contribution is 6.17. The normalized spacial score (nSPS) is 13.0. The minimum Gasteiger partial charge on any atom is -0.277 e. The molecule has 0 aliphatic heterocycles. The van der Waals surface area contributed by atoms with Crippen molar-refractivity contribution in [2.24, 2.45) is 0 Å². The predicted octanol–water partition coefficient (Wildman–Crippen LogP) is 14.2. The molecule has 282 valence electrons. The average molecular weight is 767 g/mol. The van der Waals surface area contributed by atoms with E-state index in [1.165, 1.54) is 38.6 Å². The molecule has 0 saturated heterocycles. The molecular weight excluding hydrogens is 729 g/mol. The highest BCUT2D eigenvalue weighted by Gasteiger charge is 2.35. The molecule has 1 aliphatic carbocycles. The van der Waals surface area contributed by atoms with E-state index in [0.717, 1.165) is 60.4 Å². The van der Waals surface area contributed by atoms with E-state index in [-0.39, 0.29) is 5.41 Å². The first-order chi connectivity index (χ1) is 29.5. The Morgan fingerprint density at radius 1 is 0.367 bits per heavy atom. The van der Waals surface area contributed by atoms with Crippen molar-refractivity contribution >= 4 is 43.4 Å². The Labute approximate surface area is 348 Å². The van der Waals surface area contributed by atoms with Gasteiger partial charge in [-0.05, 0) is 84.8 Å². The summed E-state index contributed by atoms with van der Waals surface area (Å²) in [4.78, 5) is 16.0. The molecule has 0 atom stereocenters. The summed E-state index contributed by atoms with van der Waals surface area (Å²) in [6, 6.07) is 69.7. The van der Waals surface area contributed by atoms with Crippen LogP contribution in [0.1, 0.15) is 25.0 Å². The van der Waals surface area contributed by atoms with Gasteiger partial charge in [0.1, 0.15) is 0 Å². The number of rotatable bonds is 5. The molecular formula is C56H38N4. The lowest BCUT2D eigenvalue weighted by atomic mass is 9.81. The fourth-order valence-corrected chi connectivity index (χ4v) is 9.56. The van der Waals surface area contributed by atoms with Crippen molar-refractivity contribution in [3.05, 3.63) is 205 Å². The molecule has 0 radical (unpaired) electrons. The highest BCUT2D eigenvalue weighted by atomic mass is 15.2. The molecule has 2 heterocycles. The molecule has 0 unspecified atom stereocenters. The minimum absolute atomic E-state index is 0.131. The second kappa shape index (κ2) is 13.2. The van der Waals surface area contributed by atoms with Crippen LogP contribution in [0.25, 0.3) is 105 Å². The van der Waals surface area contributed by atoms with Crippen LogP contribution < -0.4 is 0 Å². The molecule has 9 aromatic carbocycles. The molecule has 0 saturated carbocycles. The van der Waals surface area contributed by atoms with E-state index in [4.69, 9.17) is 15.0 Å². The van der Waals surface area contributed by atoms with Crippen molar-refractivity contribution in [2.75, 3.05) is 0 Å². The average Bonchev–Trinajstić information content (AvgIpc) is 3.75. The summed E-state index contributed by atoms with van der Waals surface area (Å²) in [7, 11) is 0. The number of para-hydroxylation sites is 1. The van der Waals surface area contributed by atoms with Gasteiger partial charge in [0.25, 0.3) is 0 Å². The maximum atomic E-state index is 5.41. The van der Waals surface area contributed by atoms with Gasteiger partial charge in [0.05, 0.1) is 11.0 Å². The van der Waals surface area contributed by atoms with E-state index in [9.17, 15) is 0 Å². The van der Waals surface area contributed by atoms with Gasteiger partial charge in [-0.3, -0.25) is 4.57 Å². The van der Waals surface area contributed by atoms with Crippen LogP contribution in [0.15, 0.2) is 194 Å². The molecule has 4 heteroatoms. The fraction of sp³-hybridized carbons (Fsp3) is 0.0536. The van der Waals surface area contributed by atoms with Crippen molar-refractivity contribution < 1.29 is 0 Å². The predicted molar refractivity (Wildman–Crippen MR) is 248 cm³/mol. The Hall–Kier alpha value is -7.69. The second-order valence-corrected chi connectivity index (χ2v) is 16.5. The third-order valence-corrected chi connectivity index (χ3v) is 12.6. The van der Waals surface area contributed by atoms with Crippen LogP contribution in [0, 0.1) is 0 Å². The van der Waals surface area contributed by atoms with E-state index in [1.807, 2.05) is 6.07 Å². The first-order valence-electron chi connectivity index (χ1n) is 20.6. The number of hydrogen-bond donors (Lipinski definition) is 0. The lowest BCUT2D eigenvalue weighted by molar-refractivity contribution is 0.660. The van der Waals surface area contributed by atoms with Crippen LogP contribution in [-0.4, -0.2) is 19.5 Å². The summed E-state index contributed by atoms with van der Waals surface area (Å²) in [5.41, 5.74) is 13.8. The maximum absolute atomic E-state index is 5.41. The van der Waals surface area contributed by atoms with E-state index >= 15 is 0 Å². The molecule has 2 aromatic heterocycles. The van der Waals surface area contributed by atoms with E-state index in [2.05, 4.69) is 206 Å². The minimum atomic E-state index is -0.131. The monoisotopic (exact) mass is 766 g/mol. The third kappa shape index (κ3) is 5.34.